The number of halogens is 1. The molecule has 2 unspecified atom stereocenters. The van der Waals surface area contributed by atoms with Crippen molar-refractivity contribution in [2.75, 3.05) is 13.1 Å². The molecule has 1 aromatic rings. The Hall–Kier alpha value is -0.230. The highest BCUT2D eigenvalue weighted by Crippen LogP contribution is 2.21. The fraction of sp³-hybridized carbons (Fsp3) is 0.778. The predicted octanol–water partition coefficient (Wildman–Crippen LogP) is 1.39. The van der Waals surface area contributed by atoms with Crippen molar-refractivity contribution in [3.8, 4) is 0 Å². The second kappa shape index (κ2) is 4.74. The highest BCUT2D eigenvalue weighted by Gasteiger charge is 2.24. The van der Waals surface area contributed by atoms with Crippen LogP contribution in [0.3, 0.4) is 0 Å². The zero-order valence-electron chi connectivity index (χ0n) is 8.56. The molecule has 1 aromatic heterocycles. The molecule has 1 fully saturated rings. The minimum atomic E-state index is -0.153. The Bertz CT molecular complexity index is 333. The zero-order chi connectivity index (χ0) is 10.8. The van der Waals surface area contributed by atoms with E-state index in [4.69, 9.17) is 11.6 Å². The number of hydrogen-bond acceptors (Lipinski definition) is 5. The number of nitrogens with zero attached hydrogens (tertiary/aromatic N) is 3. The molecule has 0 aromatic carbocycles. The Labute approximate surface area is 97.9 Å². The van der Waals surface area contributed by atoms with Gasteiger partial charge >= 0.3 is 0 Å². The number of hydrogen-bond donors (Lipinski definition) is 1. The van der Waals surface area contributed by atoms with Gasteiger partial charge in [-0.25, -0.2) is 0 Å². The number of aromatic nitrogens is 2. The Balaban J connectivity index is 1.90. The van der Waals surface area contributed by atoms with E-state index in [2.05, 4.69) is 22.0 Å². The van der Waals surface area contributed by atoms with E-state index >= 15 is 0 Å². The van der Waals surface area contributed by atoms with Crippen molar-refractivity contribution in [1.29, 1.82) is 0 Å². The van der Waals surface area contributed by atoms with Crippen LogP contribution in [0.1, 0.15) is 18.4 Å². The SMILES string of the molecule is CC1CN(Cc2nnc(Cl)s2)CCC1O. The van der Waals surface area contributed by atoms with Crippen LogP contribution >= 0.6 is 22.9 Å². The molecule has 4 nitrogen and oxygen atoms in total. The highest BCUT2D eigenvalue weighted by molar-refractivity contribution is 7.15. The summed E-state index contributed by atoms with van der Waals surface area (Å²) in [6.45, 7) is 4.70. The van der Waals surface area contributed by atoms with Gasteiger partial charge in [0.1, 0.15) is 5.01 Å². The molecular formula is C9H14ClN3OS. The molecular weight excluding hydrogens is 234 g/mol. The first kappa shape index (κ1) is 11.3. The average Bonchev–Trinajstić information content (AvgIpc) is 2.58. The van der Waals surface area contributed by atoms with Crippen LogP contribution in [-0.2, 0) is 6.54 Å². The van der Waals surface area contributed by atoms with Crippen LogP contribution in [0.5, 0.6) is 0 Å². The smallest absolute Gasteiger partial charge is 0.207 e. The van der Waals surface area contributed by atoms with E-state index in [0.29, 0.717) is 10.4 Å². The largest absolute Gasteiger partial charge is 0.393 e. The lowest BCUT2D eigenvalue weighted by molar-refractivity contribution is 0.0319. The van der Waals surface area contributed by atoms with E-state index in [0.717, 1.165) is 31.1 Å². The Morgan fingerprint density at radius 1 is 1.60 bits per heavy atom. The third kappa shape index (κ3) is 2.87. The van der Waals surface area contributed by atoms with Crippen molar-refractivity contribution in [1.82, 2.24) is 15.1 Å². The van der Waals surface area contributed by atoms with Crippen LogP contribution in [0, 0.1) is 5.92 Å². The van der Waals surface area contributed by atoms with Crippen LogP contribution in [0.2, 0.25) is 4.47 Å². The number of piperidine rings is 1. The number of aliphatic hydroxyl groups excluding tert-OH is 1. The lowest BCUT2D eigenvalue weighted by atomic mass is 9.97. The van der Waals surface area contributed by atoms with E-state index in [-0.39, 0.29) is 6.10 Å². The van der Waals surface area contributed by atoms with Gasteiger partial charge in [0.2, 0.25) is 4.47 Å². The summed E-state index contributed by atoms with van der Waals surface area (Å²) in [5.74, 6) is 0.335. The second-order valence-electron chi connectivity index (χ2n) is 4.02. The highest BCUT2D eigenvalue weighted by atomic mass is 35.5. The van der Waals surface area contributed by atoms with Crippen LogP contribution in [-0.4, -0.2) is 39.4 Å². The van der Waals surface area contributed by atoms with Crippen molar-refractivity contribution in [3.63, 3.8) is 0 Å². The zero-order valence-corrected chi connectivity index (χ0v) is 10.1. The summed E-state index contributed by atoms with van der Waals surface area (Å²) in [5.41, 5.74) is 0. The van der Waals surface area contributed by atoms with E-state index in [1.54, 1.807) is 0 Å². The van der Waals surface area contributed by atoms with Crippen LogP contribution in [0.4, 0.5) is 0 Å². The molecule has 1 aliphatic rings. The summed E-state index contributed by atoms with van der Waals surface area (Å²) < 4.78 is 0.495. The summed E-state index contributed by atoms with van der Waals surface area (Å²) in [7, 11) is 0. The molecule has 1 aliphatic heterocycles. The first-order chi connectivity index (χ1) is 7.15. The molecule has 2 heterocycles. The van der Waals surface area contributed by atoms with Crippen LogP contribution < -0.4 is 0 Å². The molecule has 84 valence electrons. The summed E-state index contributed by atoms with van der Waals surface area (Å²) >= 11 is 7.14. The Morgan fingerprint density at radius 2 is 2.40 bits per heavy atom. The van der Waals surface area contributed by atoms with Crippen molar-refractivity contribution >= 4 is 22.9 Å². The van der Waals surface area contributed by atoms with Gasteiger partial charge in [-0.15, -0.1) is 10.2 Å². The maximum Gasteiger partial charge on any atom is 0.207 e. The summed E-state index contributed by atoms with van der Waals surface area (Å²) in [6, 6.07) is 0. The summed E-state index contributed by atoms with van der Waals surface area (Å²) in [6.07, 6.45) is 0.688. The summed E-state index contributed by atoms with van der Waals surface area (Å²) in [4.78, 5) is 2.29. The molecule has 0 radical (unpaired) electrons. The monoisotopic (exact) mass is 247 g/mol. The molecule has 0 saturated carbocycles. The van der Waals surface area contributed by atoms with Gasteiger partial charge in [0.15, 0.2) is 0 Å². The minimum Gasteiger partial charge on any atom is -0.393 e. The fourth-order valence-corrected chi connectivity index (χ4v) is 2.76. The van der Waals surface area contributed by atoms with Gasteiger partial charge < -0.3 is 5.11 Å². The quantitative estimate of drug-likeness (QED) is 0.858. The van der Waals surface area contributed by atoms with Crippen molar-refractivity contribution < 1.29 is 5.11 Å². The number of aliphatic hydroxyl groups is 1. The Kier molecular flexibility index (Phi) is 3.56. The molecule has 15 heavy (non-hydrogen) atoms. The first-order valence-corrected chi connectivity index (χ1v) is 6.23. The van der Waals surface area contributed by atoms with Crippen molar-refractivity contribution in [3.05, 3.63) is 9.47 Å². The maximum atomic E-state index is 9.59. The normalized spacial score (nSPS) is 28.2. The van der Waals surface area contributed by atoms with Gasteiger partial charge in [0, 0.05) is 13.1 Å². The topological polar surface area (TPSA) is 49.2 Å². The minimum absolute atomic E-state index is 0.153. The molecule has 1 N–H and O–H groups in total. The van der Waals surface area contributed by atoms with Crippen molar-refractivity contribution in [2.45, 2.75) is 26.0 Å². The maximum absolute atomic E-state index is 9.59. The van der Waals surface area contributed by atoms with Crippen LogP contribution in [0.25, 0.3) is 0 Å². The Morgan fingerprint density at radius 3 is 3.00 bits per heavy atom. The summed E-state index contributed by atoms with van der Waals surface area (Å²) in [5, 5.41) is 18.3. The fourth-order valence-electron chi connectivity index (χ4n) is 1.85. The van der Waals surface area contributed by atoms with E-state index < -0.39 is 0 Å². The molecule has 0 amide bonds. The molecule has 2 atom stereocenters. The molecule has 0 bridgehead atoms. The van der Waals surface area contributed by atoms with Crippen molar-refractivity contribution in [2.24, 2.45) is 5.92 Å². The first-order valence-electron chi connectivity index (χ1n) is 5.03. The van der Waals surface area contributed by atoms with Gasteiger partial charge in [-0.3, -0.25) is 4.90 Å². The third-order valence-corrected chi connectivity index (χ3v) is 3.75. The van der Waals surface area contributed by atoms with Gasteiger partial charge in [-0.05, 0) is 23.9 Å². The number of likely N-dealkylation sites (tertiary alicyclic amines) is 1. The third-order valence-electron chi connectivity index (χ3n) is 2.75. The lowest BCUT2D eigenvalue weighted by Gasteiger charge is -2.33. The van der Waals surface area contributed by atoms with E-state index in [1.807, 2.05) is 0 Å². The number of rotatable bonds is 2. The van der Waals surface area contributed by atoms with Gasteiger partial charge in [-0.2, -0.15) is 0 Å². The molecule has 0 aliphatic carbocycles. The second-order valence-corrected chi connectivity index (χ2v) is 5.66. The van der Waals surface area contributed by atoms with E-state index in [1.165, 1.54) is 11.3 Å². The van der Waals surface area contributed by atoms with Gasteiger partial charge in [-0.1, -0.05) is 18.3 Å². The molecule has 0 spiro atoms. The molecule has 1 saturated heterocycles. The molecule has 6 heteroatoms. The standard InChI is InChI=1S/C9H14ClN3OS/c1-6-4-13(3-2-7(6)14)5-8-11-12-9(10)15-8/h6-7,14H,2-5H2,1H3. The average molecular weight is 248 g/mol. The van der Waals surface area contributed by atoms with Gasteiger partial charge in [0.25, 0.3) is 0 Å². The predicted molar refractivity (Wildman–Crippen MR) is 60.0 cm³/mol. The lowest BCUT2D eigenvalue weighted by Crippen LogP contribution is -2.41. The van der Waals surface area contributed by atoms with E-state index in [9.17, 15) is 5.11 Å². The van der Waals surface area contributed by atoms with Gasteiger partial charge in [0.05, 0.1) is 12.6 Å². The van der Waals surface area contributed by atoms with Crippen LogP contribution in [0.15, 0.2) is 0 Å². The molecule has 2 rings (SSSR count).